The Kier molecular flexibility index (Phi) is 6.33. The summed E-state index contributed by atoms with van der Waals surface area (Å²) in [6, 6.07) is 11.9. The molecule has 5 rings (SSSR count). The van der Waals surface area contributed by atoms with E-state index >= 15 is 0 Å². The second-order valence-electron chi connectivity index (χ2n) is 7.58. The normalized spacial score (nSPS) is 16.5. The van der Waals surface area contributed by atoms with E-state index in [1.807, 2.05) is 41.0 Å². The standard InChI is InChI=1S/C21H22N6.2ClH/c22-13-15-2-1-3-16(12-15)14-24-20-17-4-6-21(7-10-23-11-8-21)19(17)26-18-5-9-25-27(18)20;;/h1-3,5,9,12,23-24H,4,6-8,10-11,14H2;2*1H. The number of hydrogen-bond donors (Lipinski definition) is 2. The monoisotopic (exact) mass is 430 g/mol. The van der Waals surface area contributed by atoms with Gasteiger partial charge in [0.05, 0.1) is 23.5 Å². The van der Waals surface area contributed by atoms with Crippen LogP contribution in [0.4, 0.5) is 5.82 Å². The van der Waals surface area contributed by atoms with E-state index in [4.69, 9.17) is 10.2 Å². The van der Waals surface area contributed by atoms with E-state index in [2.05, 4.69) is 21.8 Å². The lowest BCUT2D eigenvalue weighted by atomic mass is 9.77. The number of nitrogens with zero attached hydrogens (tertiary/aromatic N) is 4. The van der Waals surface area contributed by atoms with Gasteiger partial charge in [-0.05, 0) is 56.5 Å². The largest absolute Gasteiger partial charge is 0.366 e. The van der Waals surface area contributed by atoms with E-state index in [0.717, 1.165) is 49.4 Å². The molecule has 1 aliphatic heterocycles. The molecular weight excluding hydrogens is 407 g/mol. The van der Waals surface area contributed by atoms with Gasteiger partial charge in [0.25, 0.3) is 0 Å². The molecule has 0 atom stereocenters. The molecule has 6 nitrogen and oxygen atoms in total. The molecule has 0 saturated carbocycles. The number of piperidine rings is 1. The van der Waals surface area contributed by atoms with Crippen LogP contribution in [0.1, 0.15) is 41.6 Å². The molecule has 1 saturated heterocycles. The molecule has 1 spiro atoms. The van der Waals surface area contributed by atoms with Gasteiger partial charge in [0.15, 0.2) is 5.65 Å². The minimum absolute atomic E-state index is 0. The Hall–Kier alpha value is -2.33. The van der Waals surface area contributed by atoms with Crippen LogP contribution in [0, 0.1) is 11.3 Å². The smallest absolute Gasteiger partial charge is 0.157 e. The number of nitrogens with one attached hydrogen (secondary N) is 2. The van der Waals surface area contributed by atoms with E-state index in [1.54, 1.807) is 0 Å². The van der Waals surface area contributed by atoms with Gasteiger partial charge in [-0.25, -0.2) is 4.98 Å². The molecule has 2 N–H and O–H groups in total. The number of nitriles is 1. The van der Waals surface area contributed by atoms with Crippen LogP contribution in [0.2, 0.25) is 0 Å². The van der Waals surface area contributed by atoms with Crippen molar-refractivity contribution >= 4 is 36.3 Å². The Bertz CT molecular complexity index is 1050. The van der Waals surface area contributed by atoms with Gasteiger partial charge in [-0.3, -0.25) is 0 Å². The average molecular weight is 431 g/mol. The van der Waals surface area contributed by atoms with Crippen molar-refractivity contribution in [3.8, 4) is 6.07 Å². The third-order valence-electron chi connectivity index (χ3n) is 6.07. The fourth-order valence-electron chi connectivity index (χ4n) is 4.64. The number of halogens is 2. The van der Waals surface area contributed by atoms with Crippen LogP contribution in [0.15, 0.2) is 36.5 Å². The van der Waals surface area contributed by atoms with Gasteiger partial charge in [0.1, 0.15) is 5.82 Å². The zero-order chi connectivity index (χ0) is 18.3. The summed E-state index contributed by atoms with van der Waals surface area (Å²) >= 11 is 0. The van der Waals surface area contributed by atoms with E-state index in [1.165, 1.54) is 17.7 Å². The third-order valence-corrected chi connectivity index (χ3v) is 6.07. The van der Waals surface area contributed by atoms with Gasteiger partial charge in [0.2, 0.25) is 0 Å². The van der Waals surface area contributed by atoms with Gasteiger partial charge in [-0.15, -0.1) is 24.8 Å². The summed E-state index contributed by atoms with van der Waals surface area (Å²) in [5.41, 5.74) is 5.47. The maximum atomic E-state index is 9.13. The molecule has 3 heterocycles. The number of aromatic nitrogens is 3. The molecule has 3 aromatic rings. The summed E-state index contributed by atoms with van der Waals surface area (Å²) in [6.07, 6.45) is 6.33. The van der Waals surface area contributed by atoms with E-state index in [9.17, 15) is 0 Å². The summed E-state index contributed by atoms with van der Waals surface area (Å²) in [7, 11) is 0. The fraction of sp³-hybridized carbons (Fsp3) is 0.381. The highest BCUT2D eigenvalue weighted by atomic mass is 35.5. The molecular formula is C21H24Cl2N6. The lowest BCUT2D eigenvalue weighted by molar-refractivity contribution is 0.301. The molecule has 0 radical (unpaired) electrons. The van der Waals surface area contributed by atoms with Gasteiger partial charge >= 0.3 is 0 Å². The second-order valence-corrected chi connectivity index (χ2v) is 7.58. The van der Waals surface area contributed by atoms with Gasteiger partial charge in [-0.2, -0.15) is 14.9 Å². The first-order valence-electron chi connectivity index (χ1n) is 9.60. The average Bonchev–Trinajstić information content (AvgIpc) is 3.32. The number of hydrogen-bond acceptors (Lipinski definition) is 5. The lowest BCUT2D eigenvalue weighted by Crippen LogP contribution is -2.39. The van der Waals surface area contributed by atoms with Crippen molar-refractivity contribution in [3.63, 3.8) is 0 Å². The van der Waals surface area contributed by atoms with Gasteiger partial charge in [0, 0.05) is 23.6 Å². The molecule has 1 aromatic carbocycles. The van der Waals surface area contributed by atoms with Crippen molar-refractivity contribution < 1.29 is 0 Å². The number of benzene rings is 1. The Morgan fingerprint density at radius 1 is 1.17 bits per heavy atom. The Morgan fingerprint density at radius 2 is 2.00 bits per heavy atom. The van der Waals surface area contributed by atoms with Crippen LogP contribution in [0.3, 0.4) is 0 Å². The first-order chi connectivity index (χ1) is 13.3. The van der Waals surface area contributed by atoms with Crippen molar-refractivity contribution in [2.45, 2.75) is 37.6 Å². The minimum atomic E-state index is 0. The Labute approximate surface area is 182 Å². The highest BCUT2D eigenvalue weighted by molar-refractivity contribution is 5.85. The molecule has 1 fully saturated rings. The van der Waals surface area contributed by atoms with Crippen LogP contribution >= 0.6 is 24.8 Å². The quantitative estimate of drug-likeness (QED) is 0.663. The molecule has 0 bridgehead atoms. The van der Waals surface area contributed by atoms with Crippen LogP contribution in [-0.4, -0.2) is 27.7 Å². The third kappa shape index (κ3) is 3.66. The fourth-order valence-corrected chi connectivity index (χ4v) is 4.64. The SMILES string of the molecule is Cl.Cl.N#Cc1cccc(CNc2c3c(nc4ccnn24)C2(CCNCC2)CC3)c1. The van der Waals surface area contributed by atoms with Gasteiger partial charge in [-0.1, -0.05) is 12.1 Å². The predicted octanol–water partition coefficient (Wildman–Crippen LogP) is 3.62. The molecule has 0 unspecified atom stereocenters. The predicted molar refractivity (Wildman–Crippen MR) is 118 cm³/mol. The summed E-state index contributed by atoms with van der Waals surface area (Å²) in [4.78, 5) is 5.03. The molecule has 8 heteroatoms. The molecule has 2 aromatic heterocycles. The first kappa shape index (κ1) is 21.4. The van der Waals surface area contributed by atoms with Crippen LogP contribution in [-0.2, 0) is 18.4 Å². The molecule has 2 aliphatic rings. The van der Waals surface area contributed by atoms with Crippen molar-refractivity contribution in [2.75, 3.05) is 18.4 Å². The number of anilines is 1. The molecule has 0 amide bonds. The minimum Gasteiger partial charge on any atom is -0.366 e. The van der Waals surface area contributed by atoms with Crippen molar-refractivity contribution in [3.05, 3.63) is 58.9 Å². The zero-order valence-electron chi connectivity index (χ0n) is 16.0. The summed E-state index contributed by atoms with van der Waals surface area (Å²) in [6.45, 7) is 2.79. The highest BCUT2D eigenvalue weighted by Gasteiger charge is 2.42. The maximum Gasteiger partial charge on any atom is 0.157 e. The highest BCUT2D eigenvalue weighted by Crippen LogP contribution is 2.46. The number of fused-ring (bicyclic) bond motifs is 3. The Balaban J connectivity index is 0.00000120. The summed E-state index contributed by atoms with van der Waals surface area (Å²) in [5.74, 6) is 1.05. The van der Waals surface area contributed by atoms with E-state index < -0.39 is 0 Å². The van der Waals surface area contributed by atoms with Crippen molar-refractivity contribution in [1.29, 1.82) is 5.26 Å². The first-order valence-corrected chi connectivity index (χ1v) is 9.60. The summed E-state index contributed by atoms with van der Waals surface area (Å²) in [5, 5.41) is 20.7. The van der Waals surface area contributed by atoms with Crippen LogP contribution in [0.5, 0.6) is 0 Å². The maximum absolute atomic E-state index is 9.13. The van der Waals surface area contributed by atoms with Crippen LogP contribution < -0.4 is 10.6 Å². The Morgan fingerprint density at radius 3 is 2.79 bits per heavy atom. The molecule has 152 valence electrons. The lowest BCUT2D eigenvalue weighted by Gasteiger charge is -2.34. The second kappa shape index (κ2) is 8.58. The molecule has 29 heavy (non-hydrogen) atoms. The topological polar surface area (TPSA) is 78.0 Å². The van der Waals surface area contributed by atoms with Crippen molar-refractivity contribution in [1.82, 2.24) is 19.9 Å². The van der Waals surface area contributed by atoms with E-state index in [0.29, 0.717) is 12.1 Å². The van der Waals surface area contributed by atoms with E-state index in [-0.39, 0.29) is 30.2 Å². The molecule has 1 aliphatic carbocycles. The van der Waals surface area contributed by atoms with Crippen molar-refractivity contribution in [2.24, 2.45) is 0 Å². The summed E-state index contributed by atoms with van der Waals surface area (Å²) < 4.78 is 1.92. The van der Waals surface area contributed by atoms with Gasteiger partial charge < -0.3 is 10.6 Å². The van der Waals surface area contributed by atoms with Crippen LogP contribution in [0.25, 0.3) is 5.65 Å². The number of rotatable bonds is 3. The zero-order valence-corrected chi connectivity index (χ0v) is 17.7.